The van der Waals surface area contributed by atoms with Crippen LogP contribution in [0.2, 0.25) is 0 Å². The molecule has 0 saturated heterocycles. The number of rotatable bonds is 8. The minimum absolute atomic E-state index is 0.0164. The van der Waals surface area contributed by atoms with Crippen LogP contribution < -0.4 is 5.32 Å². The number of hydrogen-bond donors (Lipinski definition) is 4. The van der Waals surface area contributed by atoms with Crippen molar-refractivity contribution in [3.63, 3.8) is 0 Å². The fraction of sp³-hybridized carbons (Fsp3) is 0.625. The molecule has 3 unspecified atom stereocenters. The van der Waals surface area contributed by atoms with Crippen molar-refractivity contribution in [2.75, 3.05) is 40.3 Å². The topological polar surface area (TPSA) is 160 Å². The normalized spacial score (nSPS) is 22.8. The number of carboxylic acid groups (broad SMARTS) is 1. The summed E-state index contributed by atoms with van der Waals surface area (Å²) in [5.74, 6) is 0.203. The Labute approximate surface area is 420 Å². The summed E-state index contributed by atoms with van der Waals surface area (Å²) in [7, 11) is 3.52. The van der Waals surface area contributed by atoms with Crippen LogP contribution in [0.5, 0.6) is 0 Å². The lowest BCUT2D eigenvalue weighted by atomic mass is 9.80. The number of aromatic nitrogens is 2. The summed E-state index contributed by atoms with van der Waals surface area (Å²) in [5, 5.41) is 14.6. The molecule has 8 rings (SSSR count). The van der Waals surface area contributed by atoms with Crippen LogP contribution in [0.15, 0.2) is 36.4 Å². The van der Waals surface area contributed by atoms with Gasteiger partial charge in [-0.05, 0) is 178 Å². The third kappa shape index (κ3) is 14.2. The highest BCUT2D eigenvalue weighted by Crippen LogP contribution is 2.41. The lowest BCUT2D eigenvalue weighted by molar-refractivity contribution is -0.143. The van der Waals surface area contributed by atoms with E-state index in [1.54, 1.807) is 36.0 Å². The second-order valence-corrected chi connectivity index (χ2v) is 23.0. The van der Waals surface area contributed by atoms with Gasteiger partial charge in [0.15, 0.2) is 0 Å². The highest BCUT2D eigenvalue weighted by atomic mass is 19.1. The van der Waals surface area contributed by atoms with E-state index in [1.807, 2.05) is 53.7 Å². The fourth-order valence-corrected chi connectivity index (χ4v) is 11.0. The zero-order chi connectivity index (χ0) is 52.1. The first kappa shape index (κ1) is 55.0. The Morgan fingerprint density at radius 2 is 1.17 bits per heavy atom. The maximum absolute atomic E-state index is 13.8. The van der Waals surface area contributed by atoms with Crippen LogP contribution in [0.25, 0.3) is 21.8 Å². The van der Waals surface area contributed by atoms with Gasteiger partial charge in [0.05, 0.1) is 24.9 Å². The summed E-state index contributed by atoms with van der Waals surface area (Å²) in [4.78, 5) is 60.8. The molecule has 390 valence electrons. The van der Waals surface area contributed by atoms with E-state index >= 15 is 0 Å². The fourth-order valence-electron chi connectivity index (χ4n) is 11.0. The Bertz CT molecular complexity index is 2470. The van der Waals surface area contributed by atoms with Crippen LogP contribution in [0.4, 0.5) is 18.4 Å². The minimum atomic E-state index is -0.695. The number of nitrogens with zero attached hydrogens (tertiary/aromatic N) is 3. The van der Waals surface area contributed by atoms with Crippen LogP contribution in [0.3, 0.4) is 0 Å². The van der Waals surface area contributed by atoms with Gasteiger partial charge in [0.25, 0.3) is 0 Å². The molecule has 2 saturated carbocycles. The molecular weight excluding hydrogens is 907 g/mol. The predicted octanol–water partition coefficient (Wildman–Crippen LogP) is 11.8. The Morgan fingerprint density at radius 3 is 1.61 bits per heavy atom. The maximum Gasteiger partial charge on any atom is 0.410 e. The molecule has 2 fully saturated rings. The summed E-state index contributed by atoms with van der Waals surface area (Å²) in [6, 6.07) is 10.1. The van der Waals surface area contributed by atoms with Gasteiger partial charge in [0, 0.05) is 79.4 Å². The Morgan fingerprint density at radius 1 is 0.718 bits per heavy atom. The smallest absolute Gasteiger partial charge is 0.410 e. The van der Waals surface area contributed by atoms with Crippen molar-refractivity contribution in [3.8, 4) is 0 Å². The average Bonchev–Trinajstić information content (AvgIpc) is 3.85. The number of benzene rings is 2. The molecule has 4 N–H and O–H groups in total. The van der Waals surface area contributed by atoms with Crippen molar-refractivity contribution in [1.82, 2.24) is 30.0 Å². The molecule has 4 aromatic rings. The number of amides is 3. The van der Waals surface area contributed by atoms with E-state index < -0.39 is 17.2 Å². The predicted molar refractivity (Wildman–Crippen MR) is 275 cm³/mol. The summed E-state index contributed by atoms with van der Waals surface area (Å²) in [6.45, 7) is 24.6. The lowest BCUT2D eigenvalue weighted by Gasteiger charge is -2.41. The third-order valence-electron chi connectivity index (χ3n) is 14.4. The number of fused-ring (bicyclic) bond motifs is 6. The first-order valence-electron chi connectivity index (χ1n) is 25.9. The number of carboxylic acids is 1. The maximum atomic E-state index is 13.8. The molecular formula is C56H81F2N6O7+. The molecule has 0 bridgehead atoms. The molecule has 4 heterocycles. The first-order valence-corrected chi connectivity index (χ1v) is 25.9. The molecule has 71 heavy (non-hydrogen) atoms. The summed E-state index contributed by atoms with van der Waals surface area (Å²) < 4.78 is 37.8. The summed E-state index contributed by atoms with van der Waals surface area (Å²) in [5.41, 5.74) is 5.50. The van der Waals surface area contributed by atoms with Crippen molar-refractivity contribution in [1.29, 1.82) is 0 Å². The Balaban J connectivity index is 0.000000192. The molecule has 13 nitrogen and oxygen atoms in total. The molecule has 0 spiro atoms. The van der Waals surface area contributed by atoms with Gasteiger partial charge in [0.2, 0.25) is 5.91 Å². The van der Waals surface area contributed by atoms with E-state index in [0.29, 0.717) is 44.3 Å². The second-order valence-electron chi connectivity index (χ2n) is 23.0. The lowest BCUT2D eigenvalue weighted by Crippen LogP contribution is -2.46. The number of aromatic amines is 2. The average molecular weight is 988 g/mol. The van der Waals surface area contributed by atoms with E-state index in [0.717, 1.165) is 85.4 Å². The largest absolute Gasteiger partial charge is 0.481 e. The molecule has 4 aliphatic rings. The van der Waals surface area contributed by atoms with Crippen molar-refractivity contribution in [3.05, 3.63) is 77.5 Å². The summed E-state index contributed by atoms with van der Waals surface area (Å²) >= 11 is 0. The van der Waals surface area contributed by atoms with Crippen molar-refractivity contribution < 1.29 is 42.5 Å². The molecule has 0 radical (unpaired) electrons. The van der Waals surface area contributed by atoms with E-state index in [4.69, 9.17) is 14.6 Å². The standard InChI is InChI=1S/C28H40FN3O3.C14H16FN2.C14H25NO4/c1-17(2)25-24-22(21-12-11-20(29)15-23(21)30-24)13-14-32(25)26(33)19-9-7-18(8-10-19)16-31(6)27(34)35-28(3,4)5;1-8(2)13-14-11(5-6-16-13)10-4-3-9(15)7-12(10)17-14;1-14(2,3)19-13(18)15(4)9-10-5-7-11(8-6-10)12(16)17/h11-12,15,17-19,25,30H,7-10,13-14,16H2,1-6H3;3-4,7-8,13,16-17H,1,5-6H2,2H3;10-11H,5-9H2,1-4H3,(H,16,17)/q;+1;. The molecule has 2 aromatic carbocycles. The van der Waals surface area contributed by atoms with Gasteiger partial charge in [-0.3, -0.25) is 9.59 Å². The van der Waals surface area contributed by atoms with Crippen LogP contribution in [0.1, 0.15) is 148 Å². The minimum Gasteiger partial charge on any atom is -0.481 e. The molecule has 3 amide bonds. The molecule has 15 heteroatoms. The van der Waals surface area contributed by atoms with Gasteiger partial charge < -0.3 is 44.6 Å². The van der Waals surface area contributed by atoms with Crippen molar-refractivity contribution >= 4 is 45.9 Å². The number of nitrogens with one attached hydrogen (secondary N) is 3. The number of halogens is 2. The summed E-state index contributed by atoms with van der Waals surface area (Å²) in [6.07, 6.45) is 7.87. The number of hydrogen-bond acceptors (Lipinski definition) is 7. The van der Waals surface area contributed by atoms with Crippen molar-refractivity contribution in [2.24, 2.45) is 35.5 Å². The Kier molecular flexibility index (Phi) is 17.9. The van der Waals surface area contributed by atoms with Crippen LogP contribution in [-0.2, 0) is 31.9 Å². The highest BCUT2D eigenvalue weighted by molar-refractivity contribution is 5.87. The SMILES string of the molecule is CC(C)C1c2[nH]c3cc(F)ccc3c2CCN1C(=O)C1CCC(CN(C)C(=O)OC(C)(C)C)CC1.CN(CC1CCC(C(=O)O)CC1)C(=O)OC(C)(C)C.[CH2+]C(C)C1NCCc2c1[nH]c1cc(F)ccc21. The Hall–Kier alpha value is -5.31. The van der Waals surface area contributed by atoms with Crippen molar-refractivity contribution in [2.45, 2.75) is 150 Å². The molecule has 2 aromatic heterocycles. The number of ether oxygens (including phenoxy) is 2. The number of carbonyl (C=O) groups excluding carboxylic acids is 3. The highest BCUT2D eigenvalue weighted by Gasteiger charge is 2.39. The van der Waals surface area contributed by atoms with E-state index in [2.05, 4.69) is 47.9 Å². The second kappa shape index (κ2) is 23.1. The van der Waals surface area contributed by atoms with Gasteiger partial charge >= 0.3 is 18.2 Å². The number of H-pyrrole nitrogens is 2. The monoisotopic (exact) mass is 988 g/mol. The van der Waals surface area contributed by atoms with Crippen LogP contribution >= 0.6 is 0 Å². The zero-order valence-electron chi connectivity index (χ0n) is 44.2. The van der Waals surface area contributed by atoms with Crippen LogP contribution in [-0.4, -0.2) is 105 Å². The van der Waals surface area contributed by atoms with Gasteiger partial charge in [-0.1, -0.05) is 13.8 Å². The van der Waals surface area contributed by atoms with E-state index in [9.17, 15) is 28.0 Å². The van der Waals surface area contributed by atoms with Crippen LogP contribution in [0, 0.1) is 54.1 Å². The number of aliphatic carboxylic acids is 1. The van der Waals surface area contributed by atoms with E-state index in [-0.39, 0.29) is 65.5 Å². The van der Waals surface area contributed by atoms with Gasteiger partial charge in [-0.25, -0.2) is 18.4 Å². The molecule has 2 aliphatic heterocycles. The van der Waals surface area contributed by atoms with Gasteiger partial charge in [0.1, 0.15) is 28.8 Å². The number of carbonyl (C=O) groups is 4. The molecule has 3 atom stereocenters. The first-order chi connectivity index (χ1) is 33.3. The third-order valence-corrected chi connectivity index (χ3v) is 14.4. The van der Waals surface area contributed by atoms with Gasteiger partial charge in [-0.15, -0.1) is 0 Å². The zero-order valence-corrected chi connectivity index (χ0v) is 44.2. The quantitative estimate of drug-likeness (QED) is 0.127. The van der Waals surface area contributed by atoms with E-state index in [1.165, 1.54) is 29.0 Å². The molecule has 2 aliphatic carbocycles. The van der Waals surface area contributed by atoms with Gasteiger partial charge in [-0.2, -0.15) is 0 Å².